The summed E-state index contributed by atoms with van der Waals surface area (Å²) in [6.45, 7) is 5.50. The van der Waals surface area contributed by atoms with Crippen LogP contribution in [0.1, 0.15) is 18.5 Å². The fraction of sp³-hybridized carbons (Fsp3) is 0.450. The van der Waals surface area contributed by atoms with Crippen molar-refractivity contribution < 1.29 is 29.3 Å². The topological polar surface area (TPSA) is 192 Å². The number of halogens is 1. The number of nitrogen functional groups attached to an aromatic ring is 1. The fourth-order valence-corrected chi connectivity index (χ4v) is 3.81. The van der Waals surface area contributed by atoms with Crippen LogP contribution < -0.4 is 10.6 Å². The van der Waals surface area contributed by atoms with Crippen molar-refractivity contribution in [3.05, 3.63) is 17.2 Å². The average Bonchev–Trinajstić information content (AvgIpc) is 3.56. The Morgan fingerprint density at radius 2 is 1.86 bits per heavy atom. The lowest BCUT2D eigenvalue weighted by Crippen LogP contribution is -2.37. The summed E-state index contributed by atoms with van der Waals surface area (Å²) < 4.78 is 10.6. The third-order valence-corrected chi connectivity index (χ3v) is 5.68. The minimum absolute atomic E-state index is 0.234. The molecule has 15 heteroatoms. The van der Waals surface area contributed by atoms with Crippen LogP contribution in [-0.2, 0) is 16.0 Å². The van der Waals surface area contributed by atoms with E-state index in [1.807, 2.05) is 11.5 Å². The Morgan fingerprint density at radius 3 is 2.43 bits per heavy atom. The van der Waals surface area contributed by atoms with Gasteiger partial charge in [-0.15, -0.1) is 0 Å². The van der Waals surface area contributed by atoms with E-state index in [2.05, 4.69) is 24.6 Å². The smallest absolute Gasteiger partial charge is 0.449 e. The predicted molar refractivity (Wildman–Crippen MR) is 123 cm³/mol. The highest BCUT2D eigenvalue weighted by Gasteiger charge is 2.27. The van der Waals surface area contributed by atoms with Gasteiger partial charge in [-0.05, 0) is 37.3 Å². The summed E-state index contributed by atoms with van der Waals surface area (Å²) in [4.78, 5) is 43.2. The standard InChI is InChI=1S/C18H21ClN8O.C2H2O5/c1-10-12(8-21-18(20)22-10)14-24-15(26-4-6-28-7-5-26)13-16(25-14)27(17(19)23-13)9-11-2-3-11;3-1(4)7-2(5)6/h8,11H,2-7,9H2,1H3,(H2,20,21,22);(H,3,4)(H,5,6). The Kier molecular flexibility index (Phi) is 7.12. The van der Waals surface area contributed by atoms with Crippen LogP contribution in [0.2, 0.25) is 5.28 Å². The maximum Gasteiger partial charge on any atom is 0.516 e. The molecule has 2 fully saturated rings. The summed E-state index contributed by atoms with van der Waals surface area (Å²) in [5.41, 5.74) is 8.68. The zero-order valence-electron chi connectivity index (χ0n) is 18.7. The molecule has 3 aromatic heterocycles. The van der Waals surface area contributed by atoms with Gasteiger partial charge in [0.25, 0.3) is 0 Å². The van der Waals surface area contributed by atoms with E-state index in [1.54, 1.807) is 6.20 Å². The number of morpholine rings is 1. The van der Waals surface area contributed by atoms with Crippen molar-refractivity contribution in [1.82, 2.24) is 29.5 Å². The number of imidazole rings is 1. The molecule has 3 aromatic rings. The molecule has 0 unspecified atom stereocenters. The molecular weight excluding hydrogens is 484 g/mol. The number of carbonyl (C=O) groups is 2. The van der Waals surface area contributed by atoms with Crippen LogP contribution in [0, 0.1) is 12.8 Å². The van der Waals surface area contributed by atoms with Crippen LogP contribution in [0.15, 0.2) is 6.20 Å². The van der Waals surface area contributed by atoms with Gasteiger partial charge in [0.2, 0.25) is 11.2 Å². The zero-order chi connectivity index (χ0) is 25.1. The Hall–Kier alpha value is -3.78. The average molecular weight is 507 g/mol. The highest BCUT2D eigenvalue weighted by Crippen LogP contribution is 2.35. The van der Waals surface area contributed by atoms with Crippen LogP contribution in [0.5, 0.6) is 0 Å². The lowest BCUT2D eigenvalue weighted by Gasteiger charge is -2.28. The first-order valence-electron chi connectivity index (χ1n) is 10.7. The van der Waals surface area contributed by atoms with Crippen molar-refractivity contribution in [1.29, 1.82) is 0 Å². The predicted octanol–water partition coefficient (Wildman–Crippen LogP) is 2.43. The van der Waals surface area contributed by atoms with E-state index in [4.69, 9.17) is 42.3 Å². The van der Waals surface area contributed by atoms with Crippen LogP contribution in [0.4, 0.5) is 21.4 Å². The van der Waals surface area contributed by atoms with E-state index in [0.717, 1.165) is 47.9 Å². The van der Waals surface area contributed by atoms with Crippen LogP contribution in [-0.4, -0.2) is 78.3 Å². The Morgan fingerprint density at radius 1 is 1.17 bits per heavy atom. The van der Waals surface area contributed by atoms with E-state index in [-0.39, 0.29) is 5.95 Å². The van der Waals surface area contributed by atoms with E-state index in [9.17, 15) is 9.59 Å². The second-order valence-corrected chi connectivity index (χ2v) is 8.28. The van der Waals surface area contributed by atoms with Gasteiger partial charge in [-0.25, -0.2) is 34.5 Å². The van der Waals surface area contributed by atoms with Crippen molar-refractivity contribution in [2.45, 2.75) is 26.3 Å². The molecule has 1 aliphatic carbocycles. The molecule has 2 aliphatic rings. The molecule has 0 radical (unpaired) electrons. The molecule has 14 nitrogen and oxygen atoms in total. The number of fused-ring (bicyclic) bond motifs is 1. The number of nitrogens with two attached hydrogens (primary N) is 1. The molecular formula is C20H23ClN8O6. The monoisotopic (exact) mass is 506 g/mol. The molecule has 35 heavy (non-hydrogen) atoms. The van der Waals surface area contributed by atoms with E-state index >= 15 is 0 Å². The van der Waals surface area contributed by atoms with Gasteiger partial charge in [0.1, 0.15) is 0 Å². The zero-order valence-corrected chi connectivity index (χ0v) is 19.5. The summed E-state index contributed by atoms with van der Waals surface area (Å²) in [6, 6.07) is 0. The number of anilines is 2. The second kappa shape index (κ2) is 10.2. The first kappa shape index (κ1) is 24.3. The summed E-state index contributed by atoms with van der Waals surface area (Å²) >= 11 is 6.50. The molecule has 1 saturated carbocycles. The van der Waals surface area contributed by atoms with Crippen molar-refractivity contribution in [2.24, 2.45) is 5.92 Å². The molecule has 0 spiro atoms. The molecule has 1 aliphatic heterocycles. The molecule has 0 atom stereocenters. The number of carboxylic acid groups (broad SMARTS) is 2. The highest BCUT2D eigenvalue weighted by molar-refractivity contribution is 6.29. The first-order valence-corrected chi connectivity index (χ1v) is 11.1. The maximum absolute atomic E-state index is 9.21. The van der Waals surface area contributed by atoms with E-state index in [1.165, 1.54) is 12.8 Å². The van der Waals surface area contributed by atoms with E-state index in [0.29, 0.717) is 30.2 Å². The summed E-state index contributed by atoms with van der Waals surface area (Å²) in [7, 11) is 0. The summed E-state index contributed by atoms with van der Waals surface area (Å²) in [6.07, 6.45) is 0.482. The Labute approximate surface area is 203 Å². The summed E-state index contributed by atoms with van der Waals surface area (Å²) in [5, 5.41) is 15.4. The molecule has 1 saturated heterocycles. The minimum atomic E-state index is -1.81. The van der Waals surface area contributed by atoms with Gasteiger partial charge < -0.3 is 30.3 Å². The number of aryl methyl sites for hydroxylation is 1. The third kappa shape index (κ3) is 5.84. The minimum Gasteiger partial charge on any atom is -0.449 e. The van der Waals surface area contributed by atoms with Gasteiger partial charge in [-0.1, -0.05) is 0 Å². The Balaban J connectivity index is 0.000000364. The molecule has 0 aromatic carbocycles. The van der Waals surface area contributed by atoms with Crippen molar-refractivity contribution in [2.75, 3.05) is 36.9 Å². The quantitative estimate of drug-likeness (QED) is 0.265. The lowest BCUT2D eigenvalue weighted by atomic mass is 10.2. The molecule has 0 amide bonds. The normalized spacial score (nSPS) is 15.4. The SMILES string of the molecule is Cc1nc(N)ncc1-c1nc(N2CCOCC2)c2nc(Cl)n(CC3CC3)c2n1.O=C(O)OC(=O)O. The number of nitrogens with zero attached hydrogens (tertiary/aromatic N) is 7. The summed E-state index contributed by atoms with van der Waals surface area (Å²) in [5.74, 6) is 2.20. The van der Waals surface area contributed by atoms with Gasteiger partial charge in [0.05, 0.1) is 24.5 Å². The lowest BCUT2D eigenvalue weighted by molar-refractivity contribution is 0.0802. The molecule has 4 heterocycles. The van der Waals surface area contributed by atoms with Gasteiger partial charge in [-0.3, -0.25) is 4.57 Å². The van der Waals surface area contributed by atoms with Gasteiger partial charge in [-0.2, -0.15) is 0 Å². The third-order valence-electron chi connectivity index (χ3n) is 5.39. The number of hydrogen-bond donors (Lipinski definition) is 3. The number of hydrogen-bond acceptors (Lipinski definition) is 11. The van der Waals surface area contributed by atoms with Crippen LogP contribution in [0.25, 0.3) is 22.6 Å². The Bertz CT molecular complexity index is 1250. The highest BCUT2D eigenvalue weighted by atomic mass is 35.5. The van der Waals surface area contributed by atoms with Crippen molar-refractivity contribution in [3.8, 4) is 11.4 Å². The molecule has 186 valence electrons. The van der Waals surface area contributed by atoms with Crippen molar-refractivity contribution in [3.63, 3.8) is 0 Å². The van der Waals surface area contributed by atoms with Crippen LogP contribution in [0.3, 0.4) is 0 Å². The number of rotatable bonds is 4. The molecule has 5 rings (SSSR count). The van der Waals surface area contributed by atoms with Gasteiger partial charge in [0, 0.05) is 25.8 Å². The first-order chi connectivity index (χ1) is 16.7. The van der Waals surface area contributed by atoms with Crippen LogP contribution >= 0.6 is 11.6 Å². The second-order valence-electron chi connectivity index (χ2n) is 7.94. The maximum atomic E-state index is 9.21. The number of aromatic nitrogens is 6. The molecule has 0 bridgehead atoms. The van der Waals surface area contributed by atoms with Gasteiger partial charge >= 0.3 is 12.3 Å². The fourth-order valence-electron chi connectivity index (χ4n) is 3.58. The van der Waals surface area contributed by atoms with Crippen molar-refractivity contribution >= 4 is 46.8 Å². The van der Waals surface area contributed by atoms with E-state index < -0.39 is 12.3 Å². The van der Waals surface area contributed by atoms with Gasteiger partial charge in [0.15, 0.2) is 22.8 Å². The largest absolute Gasteiger partial charge is 0.516 e. The number of ether oxygens (including phenoxy) is 2. The molecule has 4 N–H and O–H groups in total.